The number of Topliss-reactive ketones (excluding diaryl/α,β-unsaturated/α-hetero) is 1. The van der Waals surface area contributed by atoms with Crippen LogP contribution in [0.5, 0.6) is 0 Å². The summed E-state index contributed by atoms with van der Waals surface area (Å²) in [6.07, 6.45) is 6.57. The third kappa shape index (κ3) is 5.00. The lowest BCUT2D eigenvalue weighted by Crippen LogP contribution is -2.37. The fraction of sp³-hybridized carbons (Fsp3) is 0.370. The van der Waals surface area contributed by atoms with Gasteiger partial charge in [0.25, 0.3) is 17.6 Å². The van der Waals surface area contributed by atoms with E-state index in [0.29, 0.717) is 29.6 Å². The van der Waals surface area contributed by atoms with Crippen molar-refractivity contribution in [1.82, 2.24) is 15.2 Å². The van der Waals surface area contributed by atoms with Gasteiger partial charge >= 0.3 is 0 Å². The number of hydrogen-bond acceptors (Lipinski definition) is 3. The maximum atomic E-state index is 13.0. The minimum absolute atomic E-state index is 0.156. The van der Waals surface area contributed by atoms with Crippen LogP contribution in [0.15, 0.2) is 48.7 Å². The number of nitrogens with zero attached hydrogens (tertiary/aromatic N) is 1. The van der Waals surface area contributed by atoms with E-state index >= 15 is 0 Å². The SMILES string of the molecule is CCc1ccc([C@H](C)NC(=O)c2ccc3[nH]cc(C(=O)C(=O)N4CCCCCC4)c3c2)cc1. The van der Waals surface area contributed by atoms with Crippen LogP contribution >= 0.6 is 0 Å². The van der Waals surface area contributed by atoms with Crippen molar-refractivity contribution in [3.8, 4) is 0 Å². The molecule has 3 aromatic rings. The van der Waals surface area contributed by atoms with Crippen molar-refractivity contribution in [2.24, 2.45) is 0 Å². The second-order valence-corrected chi connectivity index (χ2v) is 8.79. The van der Waals surface area contributed by atoms with Gasteiger partial charge in [0.1, 0.15) is 0 Å². The molecule has 0 aliphatic carbocycles. The maximum Gasteiger partial charge on any atom is 0.295 e. The van der Waals surface area contributed by atoms with Crippen molar-refractivity contribution in [3.63, 3.8) is 0 Å². The average Bonchev–Trinajstić information content (AvgIpc) is 3.07. The summed E-state index contributed by atoms with van der Waals surface area (Å²) in [4.78, 5) is 43.5. The standard InChI is InChI=1S/C27H31N3O3/c1-3-19-8-10-20(11-9-19)18(2)29-26(32)21-12-13-24-22(16-21)23(17-28-24)25(31)27(33)30-14-6-4-5-7-15-30/h8-13,16-18,28H,3-7,14-15H2,1-2H3,(H,29,32)/t18-/m0/s1. The van der Waals surface area contributed by atoms with E-state index in [0.717, 1.165) is 43.2 Å². The van der Waals surface area contributed by atoms with Crippen LogP contribution in [0.4, 0.5) is 0 Å². The third-order valence-corrected chi connectivity index (χ3v) is 6.51. The van der Waals surface area contributed by atoms with Gasteiger partial charge in [0.2, 0.25) is 0 Å². The largest absolute Gasteiger partial charge is 0.360 e. The van der Waals surface area contributed by atoms with Crippen LogP contribution in [-0.2, 0) is 11.2 Å². The van der Waals surface area contributed by atoms with E-state index < -0.39 is 11.7 Å². The molecule has 4 rings (SSSR count). The molecule has 172 valence electrons. The monoisotopic (exact) mass is 445 g/mol. The second-order valence-electron chi connectivity index (χ2n) is 8.79. The van der Waals surface area contributed by atoms with Crippen LogP contribution < -0.4 is 5.32 Å². The van der Waals surface area contributed by atoms with Crippen LogP contribution in [-0.4, -0.2) is 40.6 Å². The number of likely N-dealkylation sites (tertiary alicyclic amines) is 1. The Balaban J connectivity index is 1.52. The van der Waals surface area contributed by atoms with Gasteiger partial charge in [0, 0.05) is 35.8 Å². The molecule has 0 saturated carbocycles. The van der Waals surface area contributed by atoms with E-state index in [1.54, 1.807) is 29.3 Å². The van der Waals surface area contributed by atoms with Crippen molar-refractivity contribution in [2.75, 3.05) is 13.1 Å². The summed E-state index contributed by atoms with van der Waals surface area (Å²) >= 11 is 0. The number of amides is 2. The van der Waals surface area contributed by atoms with Crippen LogP contribution in [0.25, 0.3) is 10.9 Å². The Bertz CT molecular complexity index is 1160. The molecule has 0 bridgehead atoms. The second kappa shape index (κ2) is 10.0. The molecule has 2 N–H and O–H groups in total. The molecule has 1 aliphatic heterocycles. The van der Waals surface area contributed by atoms with Gasteiger partial charge in [-0.1, -0.05) is 44.0 Å². The molecule has 33 heavy (non-hydrogen) atoms. The number of benzene rings is 2. The Morgan fingerprint density at radius 2 is 1.70 bits per heavy atom. The molecule has 0 unspecified atom stereocenters. The number of rotatable bonds is 6. The molecule has 2 amide bonds. The maximum absolute atomic E-state index is 13.0. The smallest absolute Gasteiger partial charge is 0.295 e. The molecule has 1 fully saturated rings. The molecule has 1 saturated heterocycles. The molecule has 2 aromatic carbocycles. The molecule has 1 aromatic heterocycles. The zero-order valence-electron chi connectivity index (χ0n) is 19.3. The van der Waals surface area contributed by atoms with Gasteiger partial charge in [-0.3, -0.25) is 14.4 Å². The average molecular weight is 446 g/mol. The van der Waals surface area contributed by atoms with E-state index in [9.17, 15) is 14.4 Å². The molecule has 2 heterocycles. The summed E-state index contributed by atoms with van der Waals surface area (Å²) in [5.74, 6) is -1.20. The summed E-state index contributed by atoms with van der Waals surface area (Å²) in [7, 11) is 0. The van der Waals surface area contributed by atoms with Gasteiger partial charge in [0.05, 0.1) is 11.6 Å². The first-order chi connectivity index (χ1) is 16.0. The van der Waals surface area contributed by atoms with E-state index in [2.05, 4.69) is 29.4 Å². The number of H-pyrrole nitrogens is 1. The predicted molar refractivity (Wildman–Crippen MR) is 129 cm³/mol. The fourth-order valence-corrected chi connectivity index (χ4v) is 4.39. The van der Waals surface area contributed by atoms with E-state index in [4.69, 9.17) is 0 Å². The molecular weight excluding hydrogens is 414 g/mol. The molecule has 1 atom stereocenters. The highest BCUT2D eigenvalue weighted by molar-refractivity contribution is 6.44. The van der Waals surface area contributed by atoms with Crippen LogP contribution in [0.2, 0.25) is 0 Å². The van der Waals surface area contributed by atoms with Crippen molar-refractivity contribution >= 4 is 28.5 Å². The fourth-order valence-electron chi connectivity index (χ4n) is 4.39. The lowest BCUT2D eigenvalue weighted by Gasteiger charge is -2.19. The highest BCUT2D eigenvalue weighted by atomic mass is 16.2. The highest BCUT2D eigenvalue weighted by Crippen LogP contribution is 2.23. The summed E-state index contributed by atoms with van der Waals surface area (Å²) in [5, 5.41) is 3.62. The Morgan fingerprint density at radius 1 is 1.00 bits per heavy atom. The Hall–Kier alpha value is -3.41. The number of ketones is 1. The van der Waals surface area contributed by atoms with Gasteiger partial charge in [-0.25, -0.2) is 0 Å². The number of hydrogen-bond donors (Lipinski definition) is 2. The van der Waals surface area contributed by atoms with Gasteiger partial charge in [-0.15, -0.1) is 0 Å². The van der Waals surface area contributed by atoms with Crippen LogP contribution in [0.1, 0.15) is 77.4 Å². The van der Waals surface area contributed by atoms with Gasteiger partial charge in [0.15, 0.2) is 0 Å². The third-order valence-electron chi connectivity index (χ3n) is 6.51. The first-order valence-corrected chi connectivity index (χ1v) is 11.8. The van der Waals surface area contributed by atoms with E-state index in [1.807, 2.05) is 19.1 Å². The minimum atomic E-state index is -0.523. The molecule has 1 aliphatic rings. The van der Waals surface area contributed by atoms with Crippen molar-refractivity contribution < 1.29 is 14.4 Å². The topological polar surface area (TPSA) is 82.3 Å². The van der Waals surface area contributed by atoms with Gasteiger partial charge in [-0.05, 0) is 55.5 Å². The van der Waals surface area contributed by atoms with E-state index in [-0.39, 0.29) is 11.9 Å². The Labute approximate surface area is 194 Å². The highest BCUT2D eigenvalue weighted by Gasteiger charge is 2.26. The first kappa shape index (κ1) is 22.8. The molecule has 0 radical (unpaired) electrons. The normalized spacial score (nSPS) is 15.2. The Kier molecular flexibility index (Phi) is 6.92. The zero-order chi connectivity index (χ0) is 23.4. The van der Waals surface area contributed by atoms with Crippen molar-refractivity contribution in [3.05, 3.63) is 70.9 Å². The lowest BCUT2D eigenvalue weighted by atomic mass is 10.0. The predicted octanol–water partition coefficient (Wildman–Crippen LogP) is 4.81. The minimum Gasteiger partial charge on any atom is -0.360 e. The number of fused-ring (bicyclic) bond motifs is 1. The van der Waals surface area contributed by atoms with Crippen molar-refractivity contribution in [1.29, 1.82) is 0 Å². The number of carbonyl (C=O) groups is 3. The molecular formula is C27H31N3O3. The number of aryl methyl sites for hydroxylation is 1. The van der Waals surface area contributed by atoms with Crippen molar-refractivity contribution in [2.45, 2.75) is 52.0 Å². The summed E-state index contributed by atoms with van der Waals surface area (Å²) in [5.41, 5.74) is 3.78. The lowest BCUT2D eigenvalue weighted by molar-refractivity contribution is -0.126. The summed E-state index contributed by atoms with van der Waals surface area (Å²) in [6.45, 7) is 5.30. The Morgan fingerprint density at radius 3 is 2.36 bits per heavy atom. The summed E-state index contributed by atoms with van der Waals surface area (Å²) < 4.78 is 0. The zero-order valence-corrected chi connectivity index (χ0v) is 19.3. The number of carbonyl (C=O) groups excluding carboxylic acids is 3. The van der Waals surface area contributed by atoms with Gasteiger partial charge < -0.3 is 15.2 Å². The first-order valence-electron chi connectivity index (χ1n) is 11.8. The molecule has 6 nitrogen and oxygen atoms in total. The van der Waals surface area contributed by atoms with E-state index in [1.165, 1.54) is 5.56 Å². The number of aromatic nitrogens is 1. The van der Waals surface area contributed by atoms with Crippen LogP contribution in [0.3, 0.4) is 0 Å². The molecule has 0 spiro atoms. The number of aromatic amines is 1. The van der Waals surface area contributed by atoms with Crippen LogP contribution in [0, 0.1) is 0 Å². The quantitative estimate of drug-likeness (QED) is 0.422. The van der Waals surface area contributed by atoms with Gasteiger partial charge in [-0.2, -0.15) is 0 Å². The number of nitrogens with one attached hydrogen (secondary N) is 2. The molecule has 6 heteroatoms. The summed E-state index contributed by atoms with van der Waals surface area (Å²) in [6, 6.07) is 13.2.